The van der Waals surface area contributed by atoms with Gasteiger partial charge in [-0.05, 0) is 56.1 Å². The molecule has 1 fully saturated rings. The largest absolute Gasteiger partial charge is 0.303 e. The lowest BCUT2D eigenvalue weighted by molar-refractivity contribution is 0.234. The van der Waals surface area contributed by atoms with E-state index in [1.165, 1.54) is 18.2 Å². The molecular formula is C19H20F3NS. The average Bonchev–Trinajstić information content (AvgIpc) is 2.57. The van der Waals surface area contributed by atoms with Crippen LogP contribution in [-0.4, -0.2) is 29.8 Å². The molecule has 1 saturated heterocycles. The molecule has 0 aromatic heterocycles. The average molecular weight is 351 g/mol. The quantitative estimate of drug-likeness (QED) is 0.753. The molecule has 5 heteroatoms. The number of nitrogens with zero attached hydrogens (tertiary/aromatic N) is 1. The Kier molecular flexibility index (Phi) is 5.85. The summed E-state index contributed by atoms with van der Waals surface area (Å²) in [7, 11) is 0. The number of likely N-dealkylation sites (tertiary alicyclic amines) is 1. The number of benzene rings is 2. The molecule has 1 nitrogen and oxygen atoms in total. The fourth-order valence-electron chi connectivity index (χ4n) is 2.97. The van der Waals surface area contributed by atoms with E-state index >= 15 is 0 Å². The lowest BCUT2D eigenvalue weighted by Crippen LogP contribution is -2.36. The minimum absolute atomic E-state index is 0.156. The van der Waals surface area contributed by atoms with E-state index in [1.54, 1.807) is 17.8 Å². The van der Waals surface area contributed by atoms with E-state index < -0.39 is 11.6 Å². The molecule has 3 rings (SSSR count). The lowest BCUT2D eigenvalue weighted by Gasteiger charge is -2.31. The Morgan fingerprint density at radius 2 is 1.71 bits per heavy atom. The molecular weight excluding hydrogens is 331 g/mol. The van der Waals surface area contributed by atoms with Gasteiger partial charge in [0, 0.05) is 22.8 Å². The third kappa shape index (κ3) is 4.54. The number of rotatable bonds is 5. The molecule has 1 aliphatic rings. The SMILES string of the molecule is Fc1ccc(CCN2CCC(Sc3ccccc3F)CC2)c(F)c1. The zero-order valence-electron chi connectivity index (χ0n) is 13.4. The normalized spacial score (nSPS) is 16.5. The van der Waals surface area contributed by atoms with Gasteiger partial charge in [0.25, 0.3) is 0 Å². The third-order valence-corrected chi connectivity index (χ3v) is 5.77. The number of piperidine rings is 1. The summed E-state index contributed by atoms with van der Waals surface area (Å²) in [6.07, 6.45) is 2.56. The van der Waals surface area contributed by atoms with Crippen molar-refractivity contribution in [3.63, 3.8) is 0 Å². The van der Waals surface area contributed by atoms with E-state index in [0.29, 0.717) is 22.1 Å². The van der Waals surface area contributed by atoms with Crippen LogP contribution in [0.5, 0.6) is 0 Å². The summed E-state index contributed by atoms with van der Waals surface area (Å²) >= 11 is 1.61. The van der Waals surface area contributed by atoms with Crippen LogP contribution in [-0.2, 0) is 6.42 Å². The third-order valence-electron chi connectivity index (χ3n) is 4.38. The van der Waals surface area contributed by atoms with Crippen LogP contribution in [0, 0.1) is 17.5 Å². The highest BCUT2D eigenvalue weighted by Gasteiger charge is 2.21. The minimum atomic E-state index is -0.540. The van der Waals surface area contributed by atoms with Gasteiger partial charge in [-0.1, -0.05) is 18.2 Å². The van der Waals surface area contributed by atoms with Crippen molar-refractivity contribution in [2.45, 2.75) is 29.4 Å². The molecule has 128 valence electrons. The van der Waals surface area contributed by atoms with Gasteiger partial charge in [-0.25, -0.2) is 13.2 Å². The van der Waals surface area contributed by atoms with Gasteiger partial charge in [0.1, 0.15) is 17.5 Å². The standard InChI is InChI=1S/C19H20F3NS/c20-15-6-5-14(18(22)13-15)7-10-23-11-8-16(9-12-23)24-19-4-2-1-3-17(19)21/h1-6,13,16H,7-12H2. The molecule has 0 bridgehead atoms. The Morgan fingerprint density at radius 1 is 0.958 bits per heavy atom. The topological polar surface area (TPSA) is 3.24 Å². The molecule has 0 atom stereocenters. The highest BCUT2D eigenvalue weighted by atomic mass is 32.2. The molecule has 1 heterocycles. The van der Waals surface area contributed by atoms with Crippen molar-refractivity contribution in [2.75, 3.05) is 19.6 Å². The summed E-state index contributed by atoms with van der Waals surface area (Å²) in [5, 5.41) is 0.417. The van der Waals surface area contributed by atoms with Gasteiger partial charge in [-0.3, -0.25) is 0 Å². The molecule has 0 unspecified atom stereocenters. The van der Waals surface area contributed by atoms with Crippen LogP contribution >= 0.6 is 11.8 Å². The highest BCUT2D eigenvalue weighted by Crippen LogP contribution is 2.31. The summed E-state index contributed by atoms with van der Waals surface area (Å²) in [5.74, 6) is -1.17. The Bertz CT molecular complexity index is 684. The zero-order valence-corrected chi connectivity index (χ0v) is 14.2. The first kappa shape index (κ1) is 17.4. The summed E-state index contributed by atoms with van der Waals surface area (Å²) in [6, 6.07) is 10.6. The van der Waals surface area contributed by atoms with Crippen molar-refractivity contribution in [2.24, 2.45) is 0 Å². The van der Waals surface area contributed by atoms with E-state index in [1.807, 2.05) is 12.1 Å². The maximum absolute atomic E-state index is 13.7. The fraction of sp³-hybridized carbons (Fsp3) is 0.368. The van der Waals surface area contributed by atoms with Crippen LogP contribution < -0.4 is 0 Å². The lowest BCUT2D eigenvalue weighted by atomic mass is 10.1. The van der Waals surface area contributed by atoms with Crippen LogP contribution in [0.4, 0.5) is 13.2 Å². The first-order chi connectivity index (χ1) is 11.6. The summed E-state index contributed by atoms with van der Waals surface area (Å²) < 4.78 is 40.3. The maximum Gasteiger partial charge on any atom is 0.136 e. The Hall–Kier alpha value is -1.46. The zero-order chi connectivity index (χ0) is 16.9. The second-order valence-electron chi connectivity index (χ2n) is 6.08. The van der Waals surface area contributed by atoms with Crippen molar-refractivity contribution >= 4 is 11.8 Å². The number of hydrogen-bond donors (Lipinski definition) is 0. The number of hydrogen-bond acceptors (Lipinski definition) is 2. The molecule has 24 heavy (non-hydrogen) atoms. The van der Waals surface area contributed by atoms with Crippen LogP contribution in [0.25, 0.3) is 0 Å². The van der Waals surface area contributed by atoms with Gasteiger partial charge in [0.15, 0.2) is 0 Å². The summed E-state index contributed by atoms with van der Waals surface area (Å²) in [6.45, 7) is 2.61. The first-order valence-corrected chi connectivity index (χ1v) is 9.07. The minimum Gasteiger partial charge on any atom is -0.303 e. The van der Waals surface area contributed by atoms with Crippen molar-refractivity contribution in [3.05, 3.63) is 65.5 Å². The van der Waals surface area contributed by atoms with Gasteiger partial charge < -0.3 is 4.90 Å². The van der Waals surface area contributed by atoms with Crippen LogP contribution in [0.1, 0.15) is 18.4 Å². The highest BCUT2D eigenvalue weighted by molar-refractivity contribution is 8.00. The van der Waals surface area contributed by atoms with Crippen LogP contribution in [0.2, 0.25) is 0 Å². The van der Waals surface area contributed by atoms with E-state index in [4.69, 9.17) is 0 Å². The van der Waals surface area contributed by atoms with Gasteiger partial charge in [-0.15, -0.1) is 11.8 Å². The smallest absolute Gasteiger partial charge is 0.136 e. The molecule has 0 spiro atoms. The van der Waals surface area contributed by atoms with Gasteiger partial charge in [0.05, 0.1) is 0 Å². The Labute approximate surface area is 144 Å². The Balaban J connectivity index is 1.46. The molecule has 0 saturated carbocycles. The maximum atomic E-state index is 13.7. The predicted molar refractivity (Wildman–Crippen MR) is 91.8 cm³/mol. The van der Waals surface area contributed by atoms with Gasteiger partial charge in [0.2, 0.25) is 0 Å². The second kappa shape index (κ2) is 8.08. The Morgan fingerprint density at radius 3 is 2.42 bits per heavy atom. The molecule has 2 aromatic rings. The summed E-state index contributed by atoms with van der Waals surface area (Å²) in [5.41, 5.74) is 0.555. The van der Waals surface area contributed by atoms with E-state index in [-0.39, 0.29) is 5.82 Å². The van der Waals surface area contributed by atoms with Crippen molar-refractivity contribution < 1.29 is 13.2 Å². The van der Waals surface area contributed by atoms with Gasteiger partial charge in [-0.2, -0.15) is 0 Å². The van der Waals surface area contributed by atoms with Gasteiger partial charge >= 0.3 is 0 Å². The second-order valence-corrected chi connectivity index (χ2v) is 7.42. The van der Waals surface area contributed by atoms with E-state index in [2.05, 4.69) is 4.90 Å². The van der Waals surface area contributed by atoms with Crippen molar-refractivity contribution in [3.8, 4) is 0 Å². The summed E-state index contributed by atoms with van der Waals surface area (Å²) in [4.78, 5) is 3.01. The van der Waals surface area contributed by atoms with E-state index in [9.17, 15) is 13.2 Å². The van der Waals surface area contributed by atoms with Crippen LogP contribution in [0.3, 0.4) is 0 Å². The first-order valence-electron chi connectivity index (χ1n) is 8.19. The number of thioether (sulfide) groups is 1. The predicted octanol–water partition coefficient (Wildman–Crippen LogP) is 4.90. The van der Waals surface area contributed by atoms with Crippen LogP contribution in [0.15, 0.2) is 47.4 Å². The number of halogens is 3. The molecule has 1 aliphatic heterocycles. The van der Waals surface area contributed by atoms with Crippen molar-refractivity contribution in [1.82, 2.24) is 4.90 Å². The molecule has 2 aromatic carbocycles. The molecule has 0 radical (unpaired) electrons. The van der Waals surface area contributed by atoms with E-state index in [0.717, 1.165) is 38.5 Å². The van der Waals surface area contributed by atoms with Crippen molar-refractivity contribution in [1.29, 1.82) is 0 Å². The molecule has 0 N–H and O–H groups in total. The molecule has 0 amide bonds. The fourth-order valence-corrected chi connectivity index (χ4v) is 4.12. The monoisotopic (exact) mass is 351 g/mol. The molecule has 0 aliphatic carbocycles.